The molecule has 1 atom stereocenters. The topological polar surface area (TPSA) is 110 Å². The molecule has 5 N–H and O–H groups in total. The highest BCUT2D eigenvalue weighted by Gasteiger charge is 2.16. The molecular formula is C5H17NO4S. The summed E-state index contributed by atoms with van der Waals surface area (Å²) >= 11 is 0. The Hall–Kier alpha value is -0.170. The molecule has 0 aliphatic carbocycles. The van der Waals surface area contributed by atoms with Gasteiger partial charge in [-0.2, -0.15) is 8.42 Å². The van der Waals surface area contributed by atoms with E-state index in [2.05, 4.69) is 4.18 Å². The SMILES string of the molecule is CCC(C)S(=O)(=O)OC.N.O. The maximum atomic E-state index is 10.7. The second-order valence-corrected chi connectivity index (χ2v) is 4.00. The van der Waals surface area contributed by atoms with E-state index in [1.54, 1.807) is 13.8 Å². The maximum Gasteiger partial charge on any atom is 0.269 e. The summed E-state index contributed by atoms with van der Waals surface area (Å²) in [4.78, 5) is 0. The first-order valence-corrected chi connectivity index (χ1v) is 4.31. The molecule has 1 unspecified atom stereocenters. The van der Waals surface area contributed by atoms with Gasteiger partial charge in [-0.25, -0.2) is 0 Å². The van der Waals surface area contributed by atoms with Crippen LogP contribution in [0, 0.1) is 0 Å². The maximum absolute atomic E-state index is 10.7. The van der Waals surface area contributed by atoms with Gasteiger partial charge in [-0.3, -0.25) is 4.18 Å². The van der Waals surface area contributed by atoms with E-state index in [1.807, 2.05) is 0 Å². The molecule has 0 aliphatic heterocycles. The van der Waals surface area contributed by atoms with Crippen molar-refractivity contribution in [3.05, 3.63) is 0 Å². The van der Waals surface area contributed by atoms with Crippen LogP contribution in [-0.2, 0) is 14.3 Å². The lowest BCUT2D eigenvalue weighted by atomic mass is 10.4. The molecule has 0 heterocycles. The molecule has 6 heteroatoms. The molecule has 0 saturated heterocycles. The summed E-state index contributed by atoms with van der Waals surface area (Å²) < 4.78 is 25.7. The summed E-state index contributed by atoms with van der Waals surface area (Å²) in [7, 11) is -2.07. The minimum absolute atomic E-state index is 0. The lowest BCUT2D eigenvalue weighted by molar-refractivity contribution is 0.388. The fraction of sp³-hybridized carbons (Fsp3) is 1.00. The molecule has 0 fully saturated rings. The van der Waals surface area contributed by atoms with Gasteiger partial charge in [0.15, 0.2) is 0 Å². The van der Waals surface area contributed by atoms with Gasteiger partial charge < -0.3 is 11.6 Å². The smallest absolute Gasteiger partial charge is 0.269 e. The Morgan fingerprint density at radius 1 is 1.45 bits per heavy atom. The molecule has 0 amide bonds. The summed E-state index contributed by atoms with van der Waals surface area (Å²) in [6.45, 7) is 3.43. The summed E-state index contributed by atoms with van der Waals surface area (Å²) in [5.41, 5.74) is 0. The fourth-order valence-corrected chi connectivity index (χ4v) is 1.11. The Morgan fingerprint density at radius 3 is 1.91 bits per heavy atom. The second-order valence-electron chi connectivity index (χ2n) is 1.88. The van der Waals surface area contributed by atoms with E-state index in [0.717, 1.165) is 0 Å². The Labute approximate surface area is 67.8 Å². The van der Waals surface area contributed by atoms with Crippen molar-refractivity contribution in [1.29, 1.82) is 0 Å². The Morgan fingerprint density at radius 2 is 1.82 bits per heavy atom. The highest BCUT2D eigenvalue weighted by Crippen LogP contribution is 2.04. The first kappa shape index (κ1) is 17.1. The van der Waals surface area contributed by atoms with Crippen LogP contribution < -0.4 is 6.15 Å². The van der Waals surface area contributed by atoms with E-state index in [0.29, 0.717) is 6.42 Å². The van der Waals surface area contributed by atoms with E-state index in [-0.39, 0.29) is 16.9 Å². The van der Waals surface area contributed by atoms with Gasteiger partial charge >= 0.3 is 0 Å². The zero-order valence-electron chi connectivity index (χ0n) is 7.12. The highest BCUT2D eigenvalue weighted by atomic mass is 32.2. The van der Waals surface area contributed by atoms with Crippen molar-refractivity contribution in [1.82, 2.24) is 6.15 Å². The second kappa shape index (κ2) is 6.53. The van der Waals surface area contributed by atoms with Crippen LogP contribution in [-0.4, -0.2) is 26.3 Å². The Bertz CT molecular complexity index is 165. The van der Waals surface area contributed by atoms with Crippen molar-refractivity contribution in [2.45, 2.75) is 25.5 Å². The number of rotatable bonds is 3. The van der Waals surface area contributed by atoms with E-state index >= 15 is 0 Å². The average Bonchev–Trinajstić information content (AvgIpc) is 1.86. The fourth-order valence-electron chi connectivity index (χ4n) is 0.368. The molecular weight excluding hydrogens is 170 g/mol. The van der Waals surface area contributed by atoms with Gasteiger partial charge in [0.25, 0.3) is 10.1 Å². The van der Waals surface area contributed by atoms with Crippen molar-refractivity contribution >= 4 is 10.1 Å². The largest absolute Gasteiger partial charge is 0.412 e. The van der Waals surface area contributed by atoms with Crippen LogP contribution >= 0.6 is 0 Å². The van der Waals surface area contributed by atoms with Gasteiger partial charge in [-0.05, 0) is 13.3 Å². The van der Waals surface area contributed by atoms with Crippen molar-refractivity contribution in [2.24, 2.45) is 0 Å². The third-order valence-corrected chi connectivity index (χ3v) is 3.08. The highest BCUT2D eigenvalue weighted by molar-refractivity contribution is 7.87. The molecule has 0 aliphatic rings. The summed E-state index contributed by atoms with van der Waals surface area (Å²) in [6, 6.07) is 0. The van der Waals surface area contributed by atoms with Crippen molar-refractivity contribution in [3.8, 4) is 0 Å². The molecule has 0 rings (SSSR count). The van der Waals surface area contributed by atoms with E-state index in [4.69, 9.17) is 0 Å². The van der Waals surface area contributed by atoms with Gasteiger partial charge in [-0.15, -0.1) is 0 Å². The Kier molecular flexibility index (Phi) is 10.1. The van der Waals surface area contributed by atoms with Gasteiger partial charge in [0, 0.05) is 0 Å². The zero-order chi connectivity index (χ0) is 7.49. The quantitative estimate of drug-likeness (QED) is 0.631. The third kappa shape index (κ3) is 5.14. The first-order chi connectivity index (χ1) is 4.04. The summed E-state index contributed by atoms with van der Waals surface area (Å²) in [5, 5.41) is -0.387. The molecule has 11 heavy (non-hydrogen) atoms. The first-order valence-electron chi connectivity index (χ1n) is 2.84. The summed E-state index contributed by atoms with van der Waals surface area (Å²) in [6.07, 6.45) is 0.593. The molecule has 5 nitrogen and oxygen atoms in total. The minimum Gasteiger partial charge on any atom is -0.412 e. The van der Waals surface area contributed by atoms with Gasteiger partial charge in [0.1, 0.15) is 0 Å². The van der Waals surface area contributed by atoms with Crippen LogP contribution in [0.3, 0.4) is 0 Å². The molecule has 0 radical (unpaired) electrons. The van der Waals surface area contributed by atoms with Crippen LogP contribution in [0.15, 0.2) is 0 Å². The third-order valence-electron chi connectivity index (χ3n) is 1.30. The predicted molar refractivity (Wildman–Crippen MR) is 44.3 cm³/mol. The lowest BCUT2D eigenvalue weighted by Crippen LogP contribution is -2.17. The van der Waals surface area contributed by atoms with Crippen molar-refractivity contribution in [2.75, 3.05) is 7.11 Å². The molecule has 0 saturated carbocycles. The van der Waals surface area contributed by atoms with Crippen LogP contribution in [0.25, 0.3) is 0 Å². The van der Waals surface area contributed by atoms with Crippen LogP contribution in [0.4, 0.5) is 0 Å². The lowest BCUT2D eigenvalue weighted by Gasteiger charge is -2.05. The molecule has 0 aromatic rings. The van der Waals surface area contributed by atoms with E-state index in [1.165, 1.54) is 7.11 Å². The molecule has 72 valence electrons. The van der Waals surface area contributed by atoms with Crippen LogP contribution in [0.5, 0.6) is 0 Å². The zero-order valence-corrected chi connectivity index (χ0v) is 7.94. The molecule has 0 aromatic carbocycles. The van der Waals surface area contributed by atoms with E-state index < -0.39 is 10.1 Å². The molecule has 0 bridgehead atoms. The van der Waals surface area contributed by atoms with Gasteiger partial charge in [0.2, 0.25) is 0 Å². The van der Waals surface area contributed by atoms with E-state index in [9.17, 15) is 8.42 Å². The Balaban J connectivity index is -0.000000320. The number of hydrogen-bond donors (Lipinski definition) is 1. The van der Waals surface area contributed by atoms with Crippen LogP contribution in [0.1, 0.15) is 20.3 Å². The standard InChI is InChI=1S/C5H12O3S.H3N.H2O/c1-4-5(2)9(6,7)8-3;;/h5H,4H2,1-3H3;1H3;1H2. The van der Waals surface area contributed by atoms with Crippen molar-refractivity contribution in [3.63, 3.8) is 0 Å². The molecule has 0 aromatic heterocycles. The summed E-state index contributed by atoms with van der Waals surface area (Å²) in [5.74, 6) is 0. The normalized spacial score (nSPS) is 12.6. The molecule has 0 spiro atoms. The minimum atomic E-state index is -3.25. The number of hydrogen-bond acceptors (Lipinski definition) is 4. The van der Waals surface area contributed by atoms with Gasteiger partial charge in [0.05, 0.1) is 12.4 Å². The van der Waals surface area contributed by atoms with Crippen LogP contribution in [0.2, 0.25) is 0 Å². The van der Waals surface area contributed by atoms with Gasteiger partial charge in [-0.1, -0.05) is 6.92 Å². The van der Waals surface area contributed by atoms with Crippen molar-refractivity contribution < 1.29 is 18.1 Å². The monoisotopic (exact) mass is 187 g/mol. The predicted octanol–water partition coefficient (Wildman–Crippen LogP) is 0.0984. The average molecular weight is 187 g/mol.